The van der Waals surface area contributed by atoms with Crippen LogP contribution in [0.25, 0.3) is 17.1 Å². The van der Waals surface area contributed by atoms with Crippen molar-refractivity contribution in [1.82, 2.24) is 13.7 Å². The van der Waals surface area contributed by atoms with E-state index >= 15 is 0 Å². The van der Waals surface area contributed by atoms with Crippen molar-refractivity contribution in [2.75, 3.05) is 25.6 Å². The van der Waals surface area contributed by atoms with Crippen molar-refractivity contribution in [2.24, 2.45) is 19.1 Å². The van der Waals surface area contributed by atoms with Gasteiger partial charge < -0.3 is 9.64 Å². The summed E-state index contributed by atoms with van der Waals surface area (Å²) in [6, 6.07) is 12.8. The zero-order valence-corrected chi connectivity index (χ0v) is 23.0. The molecule has 4 aromatic rings. The van der Waals surface area contributed by atoms with Gasteiger partial charge in [-0.15, -0.1) is 0 Å². The lowest BCUT2D eigenvalue weighted by atomic mass is 9.95. The highest BCUT2D eigenvalue weighted by atomic mass is 32.1. The Hall–Kier alpha value is -4.18. The molecule has 1 aliphatic heterocycles. The average Bonchev–Trinajstić information content (AvgIpc) is 3.31. The first kappa shape index (κ1) is 25.5. The number of rotatable bonds is 5. The van der Waals surface area contributed by atoms with Crippen molar-refractivity contribution in [1.29, 1.82) is 0 Å². The second kappa shape index (κ2) is 9.60. The van der Waals surface area contributed by atoms with Gasteiger partial charge in [0.25, 0.3) is 5.56 Å². The lowest BCUT2D eigenvalue weighted by Crippen LogP contribution is -2.39. The summed E-state index contributed by atoms with van der Waals surface area (Å²) in [4.78, 5) is 46.4. The van der Waals surface area contributed by atoms with E-state index in [1.54, 1.807) is 47.7 Å². The lowest BCUT2D eigenvalue weighted by molar-refractivity contribution is -0.139. The van der Waals surface area contributed by atoms with Crippen LogP contribution in [-0.2, 0) is 23.6 Å². The van der Waals surface area contributed by atoms with Gasteiger partial charge in [-0.3, -0.25) is 18.5 Å². The first-order valence-corrected chi connectivity index (χ1v) is 13.1. The van der Waals surface area contributed by atoms with E-state index in [0.29, 0.717) is 20.6 Å². The number of esters is 1. The Morgan fingerprint density at radius 3 is 2.42 bits per heavy atom. The number of allylic oxidation sites excluding steroid dienone is 1. The molecule has 2 aromatic carbocycles. The Balaban J connectivity index is 1.70. The standard InChI is InChI=1S/C28H29N5O4S/c1-7-37-26(35)23-16(2)29-27-33(24(23)18-9-11-19(12-10-18)30(3)4)25(34)22(38-27)15-17-8-13-20-21(14-17)32(6)28(36)31(20)5/h8-15,24H,7H2,1-6H3/b22-15+/t24-/m0/s1. The minimum absolute atomic E-state index is 0.112. The van der Waals surface area contributed by atoms with Crippen LogP contribution in [0.4, 0.5) is 5.69 Å². The predicted molar refractivity (Wildman–Crippen MR) is 149 cm³/mol. The molecule has 0 N–H and O–H groups in total. The van der Waals surface area contributed by atoms with E-state index < -0.39 is 12.0 Å². The molecule has 2 aromatic heterocycles. The Labute approximate surface area is 222 Å². The lowest BCUT2D eigenvalue weighted by Gasteiger charge is -2.25. The number of aromatic nitrogens is 3. The van der Waals surface area contributed by atoms with E-state index in [1.807, 2.05) is 61.5 Å². The maximum atomic E-state index is 13.8. The van der Waals surface area contributed by atoms with Gasteiger partial charge in [0.05, 0.1) is 39.5 Å². The van der Waals surface area contributed by atoms with Crippen LogP contribution >= 0.6 is 11.3 Å². The van der Waals surface area contributed by atoms with Gasteiger partial charge in [-0.2, -0.15) is 0 Å². The predicted octanol–water partition coefficient (Wildman–Crippen LogP) is 2.05. The highest BCUT2D eigenvalue weighted by Gasteiger charge is 2.33. The third kappa shape index (κ3) is 4.10. The third-order valence-corrected chi connectivity index (χ3v) is 7.82. The molecule has 0 aliphatic carbocycles. The molecule has 0 radical (unpaired) electrons. The molecular weight excluding hydrogens is 502 g/mol. The SMILES string of the molecule is CCOC(=O)C1=C(C)N=c2s/c(=C/c3ccc4c(c3)n(C)c(=O)n4C)c(=O)n2[C@H]1c1ccc(N(C)C)cc1. The second-order valence-corrected chi connectivity index (χ2v) is 10.4. The number of ether oxygens (including phenoxy) is 1. The highest BCUT2D eigenvalue weighted by Crippen LogP contribution is 2.31. The first-order chi connectivity index (χ1) is 18.1. The molecule has 0 fully saturated rings. The number of fused-ring (bicyclic) bond motifs is 2. The number of hydrogen-bond acceptors (Lipinski definition) is 7. The number of carbonyl (C=O) groups is 1. The minimum Gasteiger partial charge on any atom is -0.463 e. The van der Waals surface area contributed by atoms with Crippen LogP contribution in [0.3, 0.4) is 0 Å². The zero-order valence-electron chi connectivity index (χ0n) is 22.2. The average molecular weight is 532 g/mol. The van der Waals surface area contributed by atoms with Gasteiger partial charge in [0.1, 0.15) is 0 Å². The van der Waals surface area contributed by atoms with Crippen LogP contribution in [0, 0.1) is 0 Å². The van der Waals surface area contributed by atoms with Crippen molar-refractivity contribution in [3.05, 3.63) is 95.0 Å². The Bertz CT molecular complexity index is 1850. The maximum absolute atomic E-state index is 13.8. The van der Waals surface area contributed by atoms with Crippen LogP contribution in [0.1, 0.15) is 31.0 Å². The molecule has 3 heterocycles. The molecule has 0 saturated carbocycles. The molecule has 1 aliphatic rings. The normalized spacial score (nSPS) is 15.5. The van der Waals surface area contributed by atoms with Gasteiger partial charge in [0.2, 0.25) is 0 Å². The molecule has 10 heteroatoms. The number of hydrogen-bond donors (Lipinski definition) is 0. The van der Waals surface area contributed by atoms with Crippen molar-refractivity contribution in [2.45, 2.75) is 19.9 Å². The molecule has 5 rings (SSSR count). The summed E-state index contributed by atoms with van der Waals surface area (Å²) in [6.07, 6.45) is 1.80. The topological polar surface area (TPSA) is 90.8 Å². The van der Waals surface area contributed by atoms with E-state index in [1.165, 1.54) is 11.3 Å². The van der Waals surface area contributed by atoms with Gasteiger partial charge in [-0.1, -0.05) is 29.5 Å². The largest absolute Gasteiger partial charge is 0.463 e. The molecule has 9 nitrogen and oxygen atoms in total. The van der Waals surface area contributed by atoms with Gasteiger partial charge in [0.15, 0.2) is 4.80 Å². The number of benzene rings is 2. The van der Waals surface area contributed by atoms with Gasteiger partial charge in [-0.25, -0.2) is 14.6 Å². The molecular formula is C28H29N5O4S. The number of carbonyl (C=O) groups excluding carboxylic acids is 1. The van der Waals surface area contributed by atoms with E-state index in [-0.39, 0.29) is 17.9 Å². The van der Waals surface area contributed by atoms with Crippen molar-refractivity contribution in [3.8, 4) is 0 Å². The maximum Gasteiger partial charge on any atom is 0.338 e. The van der Waals surface area contributed by atoms with E-state index in [4.69, 9.17) is 4.74 Å². The quantitative estimate of drug-likeness (QED) is 0.368. The smallest absolute Gasteiger partial charge is 0.338 e. The van der Waals surface area contributed by atoms with Gasteiger partial charge in [0, 0.05) is 33.9 Å². The molecule has 1 atom stereocenters. The highest BCUT2D eigenvalue weighted by molar-refractivity contribution is 7.07. The van der Waals surface area contributed by atoms with Crippen molar-refractivity contribution < 1.29 is 9.53 Å². The van der Waals surface area contributed by atoms with Crippen LogP contribution in [0.15, 0.2) is 68.3 Å². The van der Waals surface area contributed by atoms with E-state index in [0.717, 1.165) is 27.8 Å². The van der Waals surface area contributed by atoms with Crippen LogP contribution in [0.5, 0.6) is 0 Å². The van der Waals surface area contributed by atoms with Crippen LogP contribution < -0.4 is 25.5 Å². The molecule has 0 amide bonds. The third-order valence-electron chi connectivity index (χ3n) is 6.84. The fraction of sp³-hybridized carbons (Fsp3) is 0.286. The number of nitrogens with zero attached hydrogens (tertiary/aromatic N) is 5. The summed E-state index contributed by atoms with van der Waals surface area (Å²) in [5.41, 5.74) is 4.70. The van der Waals surface area contributed by atoms with E-state index in [9.17, 15) is 14.4 Å². The van der Waals surface area contributed by atoms with Crippen LogP contribution in [0.2, 0.25) is 0 Å². The molecule has 0 bridgehead atoms. The van der Waals surface area contributed by atoms with Gasteiger partial charge in [-0.05, 0) is 55.3 Å². The number of anilines is 1. The molecule has 196 valence electrons. The molecule has 38 heavy (non-hydrogen) atoms. The summed E-state index contributed by atoms with van der Waals surface area (Å²) in [5, 5.41) is 0. The molecule has 0 unspecified atom stereocenters. The monoisotopic (exact) mass is 531 g/mol. The molecule has 0 saturated heterocycles. The van der Waals surface area contributed by atoms with Crippen LogP contribution in [-0.4, -0.2) is 40.4 Å². The zero-order chi connectivity index (χ0) is 27.3. The Morgan fingerprint density at radius 2 is 1.76 bits per heavy atom. The number of imidazole rings is 1. The van der Waals surface area contributed by atoms with Crippen molar-refractivity contribution >= 4 is 40.1 Å². The Morgan fingerprint density at radius 1 is 1.08 bits per heavy atom. The van der Waals surface area contributed by atoms with E-state index in [2.05, 4.69) is 4.99 Å². The summed E-state index contributed by atoms with van der Waals surface area (Å²) in [6.45, 7) is 3.74. The van der Waals surface area contributed by atoms with Crippen molar-refractivity contribution in [3.63, 3.8) is 0 Å². The molecule has 0 spiro atoms. The summed E-state index contributed by atoms with van der Waals surface area (Å²) < 4.78 is 10.6. The summed E-state index contributed by atoms with van der Waals surface area (Å²) >= 11 is 1.27. The fourth-order valence-electron chi connectivity index (χ4n) is 4.83. The number of aryl methyl sites for hydroxylation is 2. The van der Waals surface area contributed by atoms with Gasteiger partial charge >= 0.3 is 11.7 Å². The summed E-state index contributed by atoms with van der Waals surface area (Å²) in [5.74, 6) is -0.486. The number of thiazole rings is 1. The first-order valence-electron chi connectivity index (χ1n) is 12.2. The summed E-state index contributed by atoms with van der Waals surface area (Å²) in [7, 11) is 7.37. The Kier molecular flexibility index (Phi) is 6.44. The second-order valence-electron chi connectivity index (χ2n) is 9.44. The fourth-order valence-corrected chi connectivity index (χ4v) is 5.87. The minimum atomic E-state index is -0.666.